The SMILES string of the molecule is Cc1cc2c(Nc3ccccc3F)nc(-c3cccnc3)nc2s1. The number of benzene rings is 1. The normalized spacial score (nSPS) is 10.9. The summed E-state index contributed by atoms with van der Waals surface area (Å²) in [5, 5.41) is 3.98. The van der Waals surface area contributed by atoms with Gasteiger partial charge in [0.05, 0.1) is 11.1 Å². The number of aryl methyl sites for hydroxylation is 1. The second-order valence-corrected chi connectivity index (χ2v) is 6.55. The molecule has 118 valence electrons. The predicted octanol–water partition coefficient (Wildman–Crippen LogP) is 4.94. The Morgan fingerprint density at radius 1 is 1.08 bits per heavy atom. The first kappa shape index (κ1) is 14.7. The van der Waals surface area contributed by atoms with Crippen molar-refractivity contribution in [3.05, 3.63) is 65.6 Å². The van der Waals surface area contributed by atoms with Crippen molar-refractivity contribution in [3.63, 3.8) is 0 Å². The molecule has 0 spiro atoms. The van der Waals surface area contributed by atoms with Gasteiger partial charge in [0.25, 0.3) is 0 Å². The molecule has 0 amide bonds. The molecule has 1 N–H and O–H groups in total. The van der Waals surface area contributed by atoms with Gasteiger partial charge in [0.1, 0.15) is 16.5 Å². The maximum atomic E-state index is 14.0. The lowest BCUT2D eigenvalue weighted by Gasteiger charge is -2.09. The molecule has 0 bridgehead atoms. The zero-order valence-electron chi connectivity index (χ0n) is 12.8. The van der Waals surface area contributed by atoms with Crippen molar-refractivity contribution in [2.24, 2.45) is 0 Å². The highest BCUT2D eigenvalue weighted by Crippen LogP contribution is 2.32. The summed E-state index contributed by atoms with van der Waals surface area (Å²) in [6.45, 7) is 2.02. The first-order valence-corrected chi connectivity index (χ1v) is 8.22. The Hall–Kier alpha value is -2.86. The number of nitrogens with one attached hydrogen (secondary N) is 1. The average molecular weight is 336 g/mol. The van der Waals surface area contributed by atoms with E-state index in [1.54, 1.807) is 41.9 Å². The number of pyridine rings is 1. The van der Waals surface area contributed by atoms with Gasteiger partial charge in [-0.2, -0.15) is 0 Å². The third-order valence-electron chi connectivity index (χ3n) is 3.56. The first-order valence-electron chi connectivity index (χ1n) is 7.41. The van der Waals surface area contributed by atoms with Crippen LogP contribution in [0.3, 0.4) is 0 Å². The van der Waals surface area contributed by atoms with E-state index in [-0.39, 0.29) is 5.82 Å². The molecule has 4 aromatic rings. The van der Waals surface area contributed by atoms with Gasteiger partial charge < -0.3 is 5.32 Å². The molecule has 24 heavy (non-hydrogen) atoms. The number of fused-ring (bicyclic) bond motifs is 1. The molecule has 1 aromatic carbocycles. The Bertz CT molecular complexity index is 1010. The van der Waals surface area contributed by atoms with Crippen molar-refractivity contribution in [1.29, 1.82) is 0 Å². The number of nitrogens with zero attached hydrogens (tertiary/aromatic N) is 3. The maximum absolute atomic E-state index is 14.0. The standard InChI is InChI=1S/C18H13FN4S/c1-11-9-13-17(21-15-7-3-2-6-14(15)19)22-16(23-18(13)24-11)12-5-4-8-20-10-12/h2-10H,1H3,(H,21,22,23). The number of hydrogen-bond acceptors (Lipinski definition) is 5. The highest BCUT2D eigenvalue weighted by atomic mass is 32.1. The van der Waals surface area contributed by atoms with Gasteiger partial charge in [0, 0.05) is 22.8 Å². The van der Waals surface area contributed by atoms with Crippen LogP contribution < -0.4 is 5.32 Å². The van der Waals surface area contributed by atoms with Crippen LogP contribution >= 0.6 is 11.3 Å². The summed E-state index contributed by atoms with van der Waals surface area (Å²) in [5.41, 5.74) is 1.21. The molecular formula is C18H13FN4S. The number of hydrogen-bond donors (Lipinski definition) is 1. The minimum Gasteiger partial charge on any atom is -0.337 e. The first-order chi connectivity index (χ1) is 11.7. The van der Waals surface area contributed by atoms with Crippen LogP contribution in [0, 0.1) is 12.7 Å². The largest absolute Gasteiger partial charge is 0.337 e. The van der Waals surface area contributed by atoms with Gasteiger partial charge in [0.15, 0.2) is 5.82 Å². The van der Waals surface area contributed by atoms with Crippen molar-refractivity contribution in [2.75, 3.05) is 5.32 Å². The summed E-state index contributed by atoms with van der Waals surface area (Å²) in [5.74, 6) is 0.837. The monoisotopic (exact) mass is 336 g/mol. The number of halogens is 1. The number of para-hydroxylation sites is 1. The highest BCUT2D eigenvalue weighted by Gasteiger charge is 2.13. The maximum Gasteiger partial charge on any atom is 0.164 e. The summed E-state index contributed by atoms with van der Waals surface area (Å²) in [6.07, 6.45) is 3.42. The van der Waals surface area contributed by atoms with E-state index >= 15 is 0 Å². The number of rotatable bonds is 3. The van der Waals surface area contributed by atoms with Gasteiger partial charge in [-0.25, -0.2) is 14.4 Å². The zero-order valence-corrected chi connectivity index (χ0v) is 13.6. The van der Waals surface area contributed by atoms with Crippen molar-refractivity contribution < 1.29 is 4.39 Å². The quantitative estimate of drug-likeness (QED) is 0.575. The van der Waals surface area contributed by atoms with E-state index in [4.69, 9.17) is 0 Å². The molecule has 0 fully saturated rings. The van der Waals surface area contributed by atoms with Crippen LogP contribution in [-0.2, 0) is 0 Å². The molecule has 3 aromatic heterocycles. The summed E-state index contributed by atoms with van der Waals surface area (Å²) < 4.78 is 14.0. The molecule has 6 heteroatoms. The van der Waals surface area contributed by atoms with Crippen LogP contribution in [0.2, 0.25) is 0 Å². The molecule has 4 nitrogen and oxygen atoms in total. The lowest BCUT2D eigenvalue weighted by molar-refractivity contribution is 0.632. The molecule has 0 aliphatic carbocycles. The van der Waals surface area contributed by atoms with Crippen LogP contribution in [0.15, 0.2) is 54.9 Å². The third-order valence-corrected chi connectivity index (χ3v) is 4.51. The molecule has 4 rings (SSSR count). The zero-order chi connectivity index (χ0) is 16.5. The van der Waals surface area contributed by atoms with E-state index in [0.29, 0.717) is 17.3 Å². The number of thiophene rings is 1. The molecule has 0 aliphatic heterocycles. The summed E-state index contributed by atoms with van der Waals surface area (Å²) in [6, 6.07) is 12.3. The van der Waals surface area contributed by atoms with E-state index in [1.807, 2.05) is 25.1 Å². The molecule has 0 aliphatic rings. The van der Waals surface area contributed by atoms with Gasteiger partial charge in [-0.1, -0.05) is 12.1 Å². The lowest BCUT2D eigenvalue weighted by atomic mass is 10.2. The Labute approximate surface area is 142 Å². The Morgan fingerprint density at radius 2 is 1.96 bits per heavy atom. The van der Waals surface area contributed by atoms with Crippen molar-refractivity contribution in [1.82, 2.24) is 15.0 Å². The molecule has 3 heterocycles. The van der Waals surface area contributed by atoms with E-state index in [9.17, 15) is 4.39 Å². The van der Waals surface area contributed by atoms with Crippen LogP contribution in [0.4, 0.5) is 15.9 Å². The van der Waals surface area contributed by atoms with Gasteiger partial charge in [-0.05, 0) is 37.3 Å². The van der Waals surface area contributed by atoms with E-state index in [0.717, 1.165) is 20.7 Å². The fourth-order valence-electron chi connectivity index (χ4n) is 2.45. The molecule has 0 radical (unpaired) electrons. The second kappa shape index (κ2) is 5.98. The van der Waals surface area contributed by atoms with Crippen LogP contribution in [0.1, 0.15) is 4.88 Å². The van der Waals surface area contributed by atoms with Crippen LogP contribution in [0.25, 0.3) is 21.6 Å². The predicted molar refractivity (Wildman–Crippen MR) is 95.1 cm³/mol. The van der Waals surface area contributed by atoms with E-state index < -0.39 is 0 Å². The van der Waals surface area contributed by atoms with Crippen molar-refractivity contribution >= 4 is 33.1 Å². The van der Waals surface area contributed by atoms with Gasteiger partial charge in [-0.3, -0.25) is 4.98 Å². The summed E-state index contributed by atoms with van der Waals surface area (Å²) >= 11 is 1.58. The Kier molecular flexibility index (Phi) is 3.66. The Balaban J connectivity index is 1.88. The number of aromatic nitrogens is 3. The number of anilines is 2. The van der Waals surface area contributed by atoms with Crippen molar-refractivity contribution in [3.8, 4) is 11.4 Å². The van der Waals surface area contributed by atoms with Crippen LogP contribution in [-0.4, -0.2) is 15.0 Å². The van der Waals surface area contributed by atoms with E-state index in [2.05, 4.69) is 20.3 Å². The van der Waals surface area contributed by atoms with Crippen molar-refractivity contribution in [2.45, 2.75) is 6.92 Å². The molecule has 0 unspecified atom stereocenters. The topological polar surface area (TPSA) is 50.7 Å². The molecule has 0 atom stereocenters. The van der Waals surface area contributed by atoms with Gasteiger partial charge in [-0.15, -0.1) is 11.3 Å². The van der Waals surface area contributed by atoms with Crippen LogP contribution in [0.5, 0.6) is 0 Å². The molecule has 0 saturated heterocycles. The second-order valence-electron chi connectivity index (χ2n) is 5.32. The fourth-order valence-corrected chi connectivity index (χ4v) is 3.33. The van der Waals surface area contributed by atoms with Gasteiger partial charge >= 0.3 is 0 Å². The van der Waals surface area contributed by atoms with E-state index in [1.165, 1.54) is 6.07 Å². The Morgan fingerprint density at radius 3 is 2.75 bits per heavy atom. The summed E-state index contributed by atoms with van der Waals surface area (Å²) in [7, 11) is 0. The molecular weight excluding hydrogens is 323 g/mol. The third kappa shape index (κ3) is 2.72. The fraction of sp³-hybridized carbons (Fsp3) is 0.0556. The van der Waals surface area contributed by atoms with Gasteiger partial charge in [0.2, 0.25) is 0 Å². The average Bonchev–Trinajstić information content (AvgIpc) is 2.98. The minimum atomic E-state index is -0.320. The minimum absolute atomic E-state index is 0.320. The molecule has 0 saturated carbocycles. The summed E-state index contributed by atoms with van der Waals surface area (Å²) in [4.78, 5) is 15.3. The smallest absolute Gasteiger partial charge is 0.164 e. The highest BCUT2D eigenvalue weighted by molar-refractivity contribution is 7.18. The lowest BCUT2D eigenvalue weighted by Crippen LogP contribution is -1.99.